The first-order valence-corrected chi connectivity index (χ1v) is 7.77. The van der Waals surface area contributed by atoms with Gasteiger partial charge in [0, 0.05) is 31.4 Å². The third-order valence-corrected chi connectivity index (χ3v) is 3.99. The summed E-state index contributed by atoms with van der Waals surface area (Å²) in [7, 11) is 0. The van der Waals surface area contributed by atoms with Crippen LogP contribution in [0.3, 0.4) is 0 Å². The number of carbonyl (C=O) groups is 1. The summed E-state index contributed by atoms with van der Waals surface area (Å²) in [6, 6.07) is 16.0. The maximum Gasteiger partial charge on any atom is 0.238 e. The fraction of sp³-hybridized carbons (Fsp3) is 0.278. The molecule has 1 amide bonds. The van der Waals surface area contributed by atoms with Crippen LogP contribution in [0.15, 0.2) is 54.6 Å². The van der Waals surface area contributed by atoms with Gasteiger partial charge in [0.1, 0.15) is 5.82 Å². The average molecular weight is 313 g/mol. The molecule has 1 heterocycles. The smallest absolute Gasteiger partial charge is 0.238 e. The van der Waals surface area contributed by atoms with Crippen molar-refractivity contribution < 1.29 is 9.18 Å². The van der Waals surface area contributed by atoms with Crippen LogP contribution in [0.2, 0.25) is 0 Å². The number of hydrogen-bond acceptors (Lipinski definition) is 3. The van der Waals surface area contributed by atoms with Gasteiger partial charge in [-0.05, 0) is 29.8 Å². The first-order chi connectivity index (χ1) is 11.2. The quantitative estimate of drug-likeness (QED) is 0.911. The maximum absolute atomic E-state index is 13.5. The summed E-state index contributed by atoms with van der Waals surface area (Å²) < 4.78 is 13.5. The third kappa shape index (κ3) is 4.15. The number of amides is 1. The van der Waals surface area contributed by atoms with Crippen molar-refractivity contribution in [2.75, 3.05) is 31.5 Å². The van der Waals surface area contributed by atoms with Crippen LogP contribution in [-0.4, -0.2) is 37.0 Å². The van der Waals surface area contributed by atoms with E-state index in [-0.39, 0.29) is 24.3 Å². The van der Waals surface area contributed by atoms with Crippen molar-refractivity contribution in [2.45, 2.75) is 6.04 Å². The Hall–Kier alpha value is -2.24. The lowest BCUT2D eigenvalue weighted by molar-refractivity contribution is -0.118. The largest absolute Gasteiger partial charge is 0.325 e. The van der Waals surface area contributed by atoms with Gasteiger partial charge in [0.25, 0.3) is 0 Å². The van der Waals surface area contributed by atoms with E-state index < -0.39 is 0 Å². The molecular formula is C18H20FN3O. The van der Waals surface area contributed by atoms with E-state index in [9.17, 15) is 9.18 Å². The topological polar surface area (TPSA) is 44.4 Å². The second-order valence-electron chi connectivity index (χ2n) is 5.66. The summed E-state index contributed by atoms with van der Waals surface area (Å²) in [5.41, 5.74) is 1.68. The lowest BCUT2D eigenvalue weighted by atomic mass is 10.0. The van der Waals surface area contributed by atoms with Crippen LogP contribution in [0.4, 0.5) is 10.1 Å². The van der Waals surface area contributed by atoms with E-state index in [2.05, 4.69) is 15.5 Å². The SMILES string of the molecule is O=C(CN1CCNCC1c1cccc(F)c1)Nc1ccccc1. The third-order valence-electron chi connectivity index (χ3n) is 3.99. The summed E-state index contributed by atoms with van der Waals surface area (Å²) >= 11 is 0. The molecule has 1 atom stereocenters. The highest BCUT2D eigenvalue weighted by Gasteiger charge is 2.25. The zero-order valence-corrected chi connectivity index (χ0v) is 12.8. The first-order valence-electron chi connectivity index (χ1n) is 7.77. The molecule has 0 spiro atoms. The van der Waals surface area contributed by atoms with Crippen molar-refractivity contribution in [1.82, 2.24) is 10.2 Å². The van der Waals surface area contributed by atoms with Crippen LogP contribution in [0, 0.1) is 5.82 Å². The standard InChI is InChI=1S/C18H20FN3O/c19-15-6-4-5-14(11-15)17-12-20-9-10-22(17)13-18(23)21-16-7-2-1-3-8-16/h1-8,11,17,20H,9-10,12-13H2,(H,21,23). The number of hydrogen-bond donors (Lipinski definition) is 2. The van der Waals surface area contributed by atoms with Gasteiger partial charge in [0.15, 0.2) is 0 Å². The Kier molecular flexibility index (Phi) is 5.00. The van der Waals surface area contributed by atoms with Crippen LogP contribution in [0.5, 0.6) is 0 Å². The number of nitrogens with one attached hydrogen (secondary N) is 2. The Labute approximate surface area is 135 Å². The summed E-state index contributed by atoms with van der Waals surface area (Å²) in [6.07, 6.45) is 0. The van der Waals surface area contributed by atoms with Gasteiger partial charge in [-0.2, -0.15) is 0 Å². The number of anilines is 1. The Morgan fingerprint density at radius 2 is 2.04 bits per heavy atom. The van der Waals surface area contributed by atoms with E-state index >= 15 is 0 Å². The number of benzene rings is 2. The van der Waals surface area contributed by atoms with Gasteiger partial charge in [-0.3, -0.25) is 9.69 Å². The van der Waals surface area contributed by atoms with Crippen molar-refractivity contribution in [3.63, 3.8) is 0 Å². The molecule has 1 unspecified atom stereocenters. The number of rotatable bonds is 4. The van der Waals surface area contributed by atoms with Gasteiger partial charge in [-0.25, -0.2) is 4.39 Å². The minimum Gasteiger partial charge on any atom is -0.325 e. The summed E-state index contributed by atoms with van der Waals surface area (Å²) in [5, 5.41) is 6.21. The summed E-state index contributed by atoms with van der Waals surface area (Å²) in [6.45, 7) is 2.58. The van der Waals surface area contributed by atoms with Gasteiger partial charge >= 0.3 is 0 Å². The van der Waals surface area contributed by atoms with Gasteiger partial charge in [0.2, 0.25) is 5.91 Å². The molecule has 2 aromatic rings. The molecule has 23 heavy (non-hydrogen) atoms. The summed E-state index contributed by atoms with van der Waals surface area (Å²) in [4.78, 5) is 14.4. The lowest BCUT2D eigenvalue weighted by Crippen LogP contribution is -2.48. The Balaban J connectivity index is 1.68. The Morgan fingerprint density at radius 1 is 1.22 bits per heavy atom. The normalized spacial score (nSPS) is 18.6. The summed E-state index contributed by atoms with van der Waals surface area (Å²) in [5.74, 6) is -0.304. The van der Waals surface area contributed by atoms with E-state index in [0.29, 0.717) is 6.54 Å². The first kappa shape index (κ1) is 15.6. The van der Waals surface area contributed by atoms with E-state index in [4.69, 9.17) is 0 Å². The van der Waals surface area contributed by atoms with E-state index in [1.54, 1.807) is 12.1 Å². The molecule has 1 fully saturated rings. The average Bonchev–Trinajstić information content (AvgIpc) is 2.56. The van der Waals surface area contributed by atoms with Gasteiger partial charge < -0.3 is 10.6 Å². The Bertz CT molecular complexity index is 662. The van der Waals surface area contributed by atoms with Gasteiger partial charge in [-0.15, -0.1) is 0 Å². The molecule has 2 aromatic carbocycles. The van der Waals surface area contributed by atoms with Crippen LogP contribution >= 0.6 is 0 Å². The fourth-order valence-corrected chi connectivity index (χ4v) is 2.88. The highest BCUT2D eigenvalue weighted by Crippen LogP contribution is 2.22. The molecule has 5 heteroatoms. The van der Waals surface area contributed by atoms with Gasteiger partial charge in [-0.1, -0.05) is 30.3 Å². The molecule has 1 aliphatic heterocycles. The molecule has 0 aliphatic carbocycles. The molecular weight excluding hydrogens is 293 g/mol. The lowest BCUT2D eigenvalue weighted by Gasteiger charge is -2.36. The fourth-order valence-electron chi connectivity index (χ4n) is 2.88. The number of nitrogens with zero attached hydrogens (tertiary/aromatic N) is 1. The molecule has 0 aromatic heterocycles. The molecule has 120 valence electrons. The van der Waals surface area contributed by atoms with Crippen LogP contribution in [0.1, 0.15) is 11.6 Å². The number of halogens is 1. The van der Waals surface area contributed by atoms with E-state index in [1.165, 1.54) is 6.07 Å². The monoisotopic (exact) mass is 313 g/mol. The highest BCUT2D eigenvalue weighted by molar-refractivity contribution is 5.92. The minimum atomic E-state index is -0.248. The molecule has 0 radical (unpaired) electrons. The van der Waals surface area contributed by atoms with Crippen LogP contribution < -0.4 is 10.6 Å². The predicted molar refractivity (Wildman–Crippen MR) is 88.7 cm³/mol. The van der Waals surface area contributed by atoms with Crippen molar-refractivity contribution >= 4 is 11.6 Å². The van der Waals surface area contributed by atoms with Crippen LogP contribution in [0.25, 0.3) is 0 Å². The predicted octanol–water partition coefficient (Wildman–Crippen LogP) is 2.41. The molecule has 1 saturated heterocycles. The second-order valence-corrected chi connectivity index (χ2v) is 5.66. The van der Waals surface area contributed by atoms with Crippen molar-refractivity contribution in [1.29, 1.82) is 0 Å². The zero-order valence-electron chi connectivity index (χ0n) is 12.8. The Morgan fingerprint density at radius 3 is 2.83 bits per heavy atom. The van der Waals surface area contributed by atoms with Crippen LogP contribution in [-0.2, 0) is 4.79 Å². The molecule has 4 nitrogen and oxygen atoms in total. The minimum absolute atomic E-state index is 0.000901. The molecule has 0 saturated carbocycles. The van der Waals surface area contributed by atoms with E-state index in [1.807, 2.05) is 36.4 Å². The molecule has 3 rings (SSSR count). The van der Waals surface area contributed by atoms with E-state index in [0.717, 1.165) is 24.3 Å². The number of piperazine rings is 1. The van der Waals surface area contributed by atoms with Crippen molar-refractivity contribution in [3.8, 4) is 0 Å². The second kappa shape index (κ2) is 7.35. The number of para-hydroxylation sites is 1. The number of carbonyl (C=O) groups excluding carboxylic acids is 1. The van der Waals surface area contributed by atoms with Crippen molar-refractivity contribution in [3.05, 3.63) is 66.0 Å². The molecule has 0 bridgehead atoms. The maximum atomic E-state index is 13.5. The van der Waals surface area contributed by atoms with Gasteiger partial charge in [0.05, 0.1) is 6.54 Å². The van der Waals surface area contributed by atoms with Crippen molar-refractivity contribution in [2.24, 2.45) is 0 Å². The zero-order chi connectivity index (χ0) is 16.1. The molecule has 1 aliphatic rings. The highest BCUT2D eigenvalue weighted by atomic mass is 19.1. The molecule has 2 N–H and O–H groups in total.